The Bertz CT molecular complexity index is 268. The van der Waals surface area contributed by atoms with E-state index in [1.165, 1.54) is 7.11 Å². The van der Waals surface area contributed by atoms with Crippen molar-refractivity contribution >= 4 is 11.9 Å². The fourth-order valence-corrected chi connectivity index (χ4v) is 2.11. The van der Waals surface area contributed by atoms with Crippen LogP contribution in [-0.2, 0) is 14.3 Å². The van der Waals surface area contributed by atoms with E-state index in [4.69, 9.17) is 5.73 Å². The fraction of sp³-hybridized carbons (Fsp3) is 0.833. The van der Waals surface area contributed by atoms with Gasteiger partial charge in [0.25, 0.3) is 0 Å². The zero-order chi connectivity index (χ0) is 12.7. The summed E-state index contributed by atoms with van der Waals surface area (Å²) < 4.78 is 4.66. The van der Waals surface area contributed by atoms with Gasteiger partial charge in [0, 0.05) is 19.5 Å². The summed E-state index contributed by atoms with van der Waals surface area (Å²) in [5.41, 5.74) is 5.41. The van der Waals surface area contributed by atoms with Crippen LogP contribution in [0.3, 0.4) is 0 Å². The van der Waals surface area contributed by atoms with Crippen LogP contribution >= 0.6 is 0 Å². The molecule has 1 heterocycles. The molecule has 0 radical (unpaired) electrons. The molecule has 1 aliphatic heterocycles. The summed E-state index contributed by atoms with van der Waals surface area (Å²) in [6.07, 6.45) is 4.52. The third kappa shape index (κ3) is 4.34. The first-order valence-corrected chi connectivity index (χ1v) is 6.24. The van der Waals surface area contributed by atoms with Crippen molar-refractivity contribution in [3.8, 4) is 0 Å². The minimum atomic E-state index is -0.274. The lowest BCUT2D eigenvalue weighted by molar-refractivity contribution is -0.145. The van der Waals surface area contributed by atoms with Crippen LogP contribution in [0.25, 0.3) is 0 Å². The number of ether oxygens (including phenoxy) is 1. The summed E-state index contributed by atoms with van der Waals surface area (Å²) in [5.74, 6) is -0.472. The van der Waals surface area contributed by atoms with E-state index in [9.17, 15) is 9.59 Å². The van der Waals surface area contributed by atoms with Crippen molar-refractivity contribution in [3.05, 3.63) is 0 Å². The van der Waals surface area contributed by atoms with Gasteiger partial charge in [0.2, 0.25) is 5.91 Å². The molecule has 2 N–H and O–H groups in total. The average Bonchev–Trinajstić information content (AvgIpc) is 2.70. The first kappa shape index (κ1) is 14.0. The van der Waals surface area contributed by atoms with E-state index >= 15 is 0 Å². The molecule has 0 aromatic carbocycles. The summed E-state index contributed by atoms with van der Waals surface area (Å²) in [6.45, 7) is 1.99. The van der Waals surface area contributed by atoms with Gasteiger partial charge < -0.3 is 15.4 Å². The first-order valence-electron chi connectivity index (χ1n) is 6.24. The molecule has 1 amide bonds. The summed E-state index contributed by atoms with van der Waals surface area (Å²) in [4.78, 5) is 24.7. The van der Waals surface area contributed by atoms with Gasteiger partial charge in [-0.3, -0.25) is 9.59 Å². The Labute approximate surface area is 102 Å². The molecule has 17 heavy (non-hydrogen) atoms. The smallest absolute Gasteiger partial charge is 0.310 e. The summed E-state index contributed by atoms with van der Waals surface area (Å²) >= 11 is 0. The highest BCUT2D eigenvalue weighted by atomic mass is 16.5. The molecular weight excluding hydrogens is 220 g/mol. The molecule has 98 valence electrons. The zero-order valence-electron chi connectivity index (χ0n) is 10.5. The Morgan fingerprint density at radius 3 is 2.76 bits per heavy atom. The molecule has 1 saturated heterocycles. The number of esters is 1. The number of carbonyl (C=O) groups excluding carboxylic acids is 2. The standard InChI is InChI=1S/C12H22N2O3/c1-17-12(16)10-8-11(15)14(9-10)7-5-3-2-4-6-13/h10H,2-9,13H2,1H3. The Morgan fingerprint density at radius 2 is 2.12 bits per heavy atom. The molecule has 0 bridgehead atoms. The van der Waals surface area contributed by atoms with Gasteiger partial charge in [-0.05, 0) is 19.4 Å². The second-order valence-electron chi connectivity index (χ2n) is 4.47. The van der Waals surface area contributed by atoms with E-state index in [1.54, 1.807) is 4.90 Å². The third-order valence-electron chi connectivity index (χ3n) is 3.13. The van der Waals surface area contributed by atoms with Crippen LogP contribution in [0.1, 0.15) is 32.1 Å². The lowest BCUT2D eigenvalue weighted by Crippen LogP contribution is -2.27. The molecule has 1 atom stereocenters. The van der Waals surface area contributed by atoms with Gasteiger partial charge in [-0.2, -0.15) is 0 Å². The molecule has 1 rings (SSSR count). The number of unbranched alkanes of at least 4 members (excludes halogenated alkanes) is 3. The molecule has 0 aliphatic carbocycles. The molecule has 0 aromatic rings. The van der Waals surface area contributed by atoms with Crippen molar-refractivity contribution in [2.75, 3.05) is 26.7 Å². The molecule has 5 heteroatoms. The molecule has 1 aliphatic rings. The van der Waals surface area contributed by atoms with Crippen LogP contribution < -0.4 is 5.73 Å². The van der Waals surface area contributed by atoms with Crippen molar-refractivity contribution in [2.45, 2.75) is 32.1 Å². The van der Waals surface area contributed by atoms with E-state index in [-0.39, 0.29) is 17.8 Å². The van der Waals surface area contributed by atoms with Crippen LogP contribution in [0.2, 0.25) is 0 Å². The maximum Gasteiger partial charge on any atom is 0.310 e. The SMILES string of the molecule is COC(=O)C1CC(=O)N(CCCCCCN)C1. The van der Waals surface area contributed by atoms with Crippen molar-refractivity contribution in [1.82, 2.24) is 4.90 Å². The van der Waals surface area contributed by atoms with Crippen LogP contribution in [0.4, 0.5) is 0 Å². The van der Waals surface area contributed by atoms with Crippen LogP contribution in [0.5, 0.6) is 0 Å². The summed E-state index contributed by atoms with van der Waals surface area (Å²) in [7, 11) is 1.36. The summed E-state index contributed by atoms with van der Waals surface area (Å²) in [5, 5.41) is 0. The van der Waals surface area contributed by atoms with E-state index in [1.807, 2.05) is 0 Å². The van der Waals surface area contributed by atoms with Gasteiger partial charge in [-0.1, -0.05) is 12.8 Å². The maximum absolute atomic E-state index is 11.6. The number of nitrogens with two attached hydrogens (primary N) is 1. The minimum Gasteiger partial charge on any atom is -0.469 e. The highest BCUT2D eigenvalue weighted by Gasteiger charge is 2.34. The lowest BCUT2D eigenvalue weighted by Gasteiger charge is -2.15. The lowest BCUT2D eigenvalue weighted by atomic mass is 10.1. The zero-order valence-corrected chi connectivity index (χ0v) is 10.5. The predicted molar refractivity (Wildman–Crippen MR) is 64.2 cm³/mol. The van der Waals surface area contributed by atoms with Crippen molar-refractivity contribution in [2.24, 2.45) is 11.7 Å². The van der Waals surface area contributed by atoms with Gasteiger partial charge in [-0.15, -0.1) is 0 Å². The monoisotopic (exact) mass is 242 g/mol. The van der Waals surface area contributed by atoms with Gasteiger partial charge >= 0.3 is 5.97 Å². The number of likely N-dealkylation sites (tertiary alicyclic amines) is 1. The van der Waals surface area contributed by atoms with Crippen LogP contribution in [0.15, 0.2) is 0 Å². The molecule has 1 unspecified atom stereocenters. The largest absolute Gasteiger partial charge is 0.469 e. The van der Waals surface area contributed by atoms with Crippen LogP contribution in [-0.4, -0.2) is 43.5 Å². The second-order valence-corrected chi connectivity index (χ2v) is 4.47. The van der Waals surface area contributed by atoms with Gasteiger partial charge in [-0.25, -0.2) is 0 Å². The number of rotatable bonds is 7. The number of carbonyl (C=O) groups is 2. The average molecular weight is 242 g/mol. The van der Waals surface area contributed by atoms with Crippen LogP contribution in [0, 0.1) is 5.92 Å². The van der Waals surface area contributed by atoms with Crippen molar-refractivity contribution in [1.29, 1.82) is 0 Å². The van der Waals surface area contributed by atoms with E-state index in [0.717, 1.165) is 38.8 Å². The molecule has 1 fully saturated rings. The van der Waals surface area contributed by atoms with E-state index in [2.05, 4.69) is 4.74 Å². The number of hydrogen-bond acceptors (Lipinski definition) is 4. The third-order valence-corrected chi connectivity index (χ3v) is 3.13. The Hall–Kier alpha value is -1.10. The molecular formula is C12H22N2O3. The number of amides is 1. The number of methoxy groups -OCH3 is 1. The van der Waals surface area contributed by atoms with Gasteiger partial charge in [0.05, 0.1) is 13.0 Å². The Kier molecular flexibility index (Phi) is 5.97. The molecule has 0 aromatic heterocycles. The number of hydrogen-bond donors (Lipinski definition) is 1. The quantitative estimate of drug-likeness (QED) is 0.522. The van der Waals surface area contributed by atoms with E-state index < -0.39 is 0 Å². The van der Waals surface area contributed by atoms with Gasteiger partial charge in [0.1, 0.15) is 0 Å². The fourth-order valence-electron chi connectivity index (χ4n) is 2.11. The first-order chi connectivity index (χ1) is 8.19. The molecule has 5 nitrogen and oxygen atoms in total. The van der Waals surface area contributed by atoms with Crippen molar-refractivity contribution in [3.63, 3.8) is 0 Å². The summed E-state index contributed by atoms with van der Waals surface area (Å²) in [6, 6.07) is 0. The molecule has 0 saturated carbocycles. The normalized spacial score (nSPS) is 19.8. The second kappa shape index (κ2) is 7.27. The van der Waals surface area contributed by atoms with Gasteiger partial charge in [0.15, 0.2) is 0 Å². The molecule has 0 spiro atoms. The number of nitrogens with zero attached hydrogens (tertiary/aromatic N) is 1. The highest BCUT2D eigenvalue weighted by Crippen LogP contribution is 2.19. The topological polar surface area (TPSA) is 72.6 Å². The minimum absolute atomic E-state index is 0.0687. The Balaban J connectivity index is 2.21. The van der Waals surface area contributed by atoms with E-state index in [0.29, 0.717) is 13.0 Å². The maximum atomic E-state index is 11.6. The Morgan fingerprint density at radius 1 is 1.41 bits per heavy atom. The predicted octanol–water partition coefficient (Wildman–Crippen LogP) is 0.527. The highest BCUT2D eigenvalue weighted by molar-refractivity contribution is 5.86. The van der Waals surface area contributed by atoms with Crippen molar-refractivity contribution < 1.29 is 14.3 Å².